The summed E-state index contributed by atoms with van der Waals surface area (Å²) in [5.74, 6) is 1.64. The number of nitrogens with zero attached hydrogens (tertiary/aromatic N) is 4. The van der Waals surface area contributed by atoms with Crippen molar-refractivity contribution in [2.75, 3.05) is 18.5 Å². The minimum Gasteiger partial charge on any atom is -0.355 e. The first-order valence-corrected chi connectivity index (χ1v) is 6.30. The molecule has 0 aliphatic heterocycles. The molecule has 0 radical (unpaired) electrons. The van der Waals surface area contributed by atoms with Crippen molar-refractivity contribution in [2.24, 2.45) is 11.7 Å². The van der Waals surface area contributed by atoms with Crippen molar-refractivity contribution in [1.29, 1.82) is 0 Å². The molecule has 0 amide bonds. The minimum atomic E-state index is 0.381. The van der Waals surface area contributed by atoms with Gasteiger partial charge in [-0.3, -0.25) is 4.98 Å². The normalized spacial score (nSPS) is 16.8. The topological polar surface area (TPSA) is 67.9 Å². The molecule has 0 saturated heterocycles. The first-order valence-electron chi connectivity index (χ1n) is 6.30. The fourth-order valence-corrected chi connectivity index (χ4v) is 2.36. The molecule has 2 aromatic heterocycles. The number of anilines is 1. The van der Waals surface area contributed by atoms with Gasteiger partial charge in [0.15, 0.2) is 5.65 Å². The summed E-state index contributed by atoms with van der Waals surface area (Å²) >= 11 is 0. The lowest BCUT2D eigenvalue weighted by Crippen LogP contribution is -2.40. The van der Waals surface area contributed by atoms with Crippen LogP contribution in [0.15, 0.2) is 24.5 Å². The molecule has 0 aromatic carbocycles. The number of pyridine rings is 1. The Hall–Kier alpha value is -1.75. The SMILES string of the molecule is CN(c1ccc2nccnc2n1)C(CN)C1CC1. The monoisotopic (exact) mass is 243 g/mol. The third-order valence-electron chi connectivity index (χ3n) is 3.58. The molecule has 5 heteroatoms. The molecule has 0 spiro atoms. The second-order valence-electron chi connectivity index (χ2n) is 4.82. The van der Waals surface area contributed by atoms with Gasteiger partial charge in [0.1, 0.15) is 11.3 Å². The lowest BCUT2D eigenvalue weighted by atomic mass is 10.1. The van der Waals surface area contributed by atoms with E-state index < -0.39 is 0 Å². The molecule has 94 valence electrons. The molecule has 1 aliphatic rings. The highest BCUT2D eigenvalue weighted by atomic mass is 15.2. The van der Waals surface area contributed by atoms with E-state index in [0.29, 0.717) is 18.2 Å². The highest BCUT2D eigenvalue weighted by Crippen LogP contribution is 2.35. The molecule has 2 aromatic rings. The molecule has 3 rings (SSSR count). The molecule has 1 fully saturated rings. The maximum atomic E-state index is 5.87. The lowest BCUT2D eigenvalue weighted by molar-refractivity contribution is 0.567. The molecule has 1 aliphatic carbocycles. The Morgan fingerprint density at radius 3 is 2.83 bits per heavy atom. The summed E-state index contributed by atoms with van der Waals surface area (Å²) < 4.78 is 0. The van der Waals surface area contributed by atoms with Crippen molar-refractivity contribution in [3.8, 4) is 0 Å². The summed E-state index contributed by atoms with van der Waals surface area (Å²) in [4.78, 5) is 15.2. The lowest BCUT2D eigenvalue weighted by Gasteiger charge is -2.28. The number of rotatable bonds is 4. The van der Waals surface area contributed by atoms with E-state index in [1.165, 1.54) is 12.8 Å². The summed E-state index contributed by atoms with van der Waals surface area (Å²) in [5.41, 5.74) is 7.38. The molecular formula is C13H17N5. The molecule has 1 saturated carbocycles. The summed E-state index contributed by atoms with van der Waals surface area (Å²) in [6.07, 6.45) is 5.90. The number of hydrogen-bond donors (Lipinski definition) is 1. The van der Waals surface area contributed by atoms with Gasteiger partial charge in [0.2, 0.25) is 0 Å². The van der Waals surface area contributed by atoms with Gasteiger partial charge in [-0.25, -0.2) is 9.97 Å². The first-order chi connectivity index (χ1) is 8.79. The summed E-state index contributed by atoms with van der Waals surface area (Å²) in [7, 11) is 2.06. The maximum absolute atomic E-state index is 5.87. The van der Waals surface area contributed by atoms with Crippen molar-refractivity contribution >= 4 is 17.0 Å². The van der Waals surface area contributed by atoms with Crippen LogP contribution in [0.5, 0.6) is 0 Å². The van der Waals surface area contributed by atoms with E-state index in [1.54, 1.807) is 12.4 Å². The van der Waals surface area contributed by atoms with Gasteiger partial charge in [0.05, 0.1) is 0 Å². The molecule has 2 N–H and O–H groups in total. The highest BCUT2D eigenvalue weighted by Gasteiger charge is 2.33. The van der Waals surface area contributed by atoms with Gasteiger partial charge in [-0.2, -0.15) is 0 Å². The van der Waals surface area contributed by atoms with Gasteiger partial charge in [0.25, 0.3) is 0 Å². The average molecular weight is 243 g/mol. The maximum Gasteiger partial charge on any atom is 0.180 e. The van der Waals surface area contributed by atoms with Gasteiger partial charge < -0.3 is 10.6 Å². The van der Waals surface area contributed by atoms with E-state index in [2.05, 4.69) is 26.9 Å². The predicted molar refractivity (Wildman–Crippen MR) is 71.3 cm³/mol. The van der Waals surface area contributed by atoms with Crippen LogP contribution >= 0.6 is 0 Å². The first kappa shape index (κ1) is 11.3. The van der Waals surface area contributed by atoms with Crippen LogP contribution in [-0.2, 0) is 0 Å². The molecule has 2 heterocycles. The molecule has 1 atom stereocenters. The predicted octanol–water partition coefficient (Wildman–Crippen LogP) is 1.20. The second-order valence-corrected chi connectivity index (χ2v) is 4.82. The molecule has 0 bridgehead atoms. The average Bonchev–Trinajstić information content (AvgIpc) is 3.23. The van der Waals surface area contributed by atoms with Crippen molar-refractivity contribution in [1.82, 2.24) is 15.0 Å². The quantitative estimate of drug-likeness (QED) is 0.874. The summed E-state index contributed by atoms with van der Waals surface area (Å²) in [6.45, 7) is 0.668. The van der Waals surface area contributed by atoms with Crippen LogP contribution in [0, 0.1) is 5.92 Å². The number of aromatic nitrogens is 3. The summed E-state index contributed by atoms with van der Waals surface area (Å²) in [5, 5.41) is 0. The Morgan fingerprint density at radius 1 is 1.33 bits per heavy atom. The van der Waals surface area contributed by atoms with Crippen molar-refractivity contribution in [3.05, 3.63) is 24.5 Å². The largest absolute Gasteiger partial charge is 0.355 e. The Morgan fingerprint density at radius 2 is 2.11 bits per heavy atom. The van der Waals surface area contributed by atoms with Gasteiger partial charge in [-0.05, 0) is 30.9 Å². The third-order valence-corrected chi connectivity index (χ3v) is 3.58. The number of hydrogen-bond acceptors (Lipinski definition) is 5. The zero-order chi connectivity index (χ0) is 12.5. The Balaban J connectivity index is 1.92. The summed E-state index contributed by atoms with van der Waals surface area (Å²) in [6, 6.07) is 4.33. The Kier molecular flexibility index (Phi) is 2.83. The van der Waals surface area contributed by atoms with Gasteiger partial charge >= 0.3 is 0 Å². The van der Waals surface area contributed by atoms with Crippen LogP contribution < -0.4 is 10.6 Å². The number of nitrogens with two attached hydrogens (primary N) is 1. The van der Waals surface area contributed by atoms with E-state index in [4.69, 9.17) is 5.73 Å². The number of likely N-dealkylation sites (N-methyl/N-ethyl adjacent to an activating group) is 1. The molecular weight excluding hydrogens is 226 g/mol. The zero-order valence-electron chi connectivity index (χ0n) is 10.5. The van der Waals surface area contributed by atoms with E-state index in [1.807, 2.05) is 12.1 Å². The Labute approximate surface area is 106 Å². The van der Waals surface area contributed by atoms with E-state index in [0.717, 1.165) is 17.3 Å². The fraction of sp³-hybridized carbons (Fsp3) is 0.462. The van der Waals surface area contributed by atoms with E-state index in [-0.39, 0.29) is 0 Å². The molecule has 18 heavy (non-hydrogen) atoms. The van der Waals surface area contributed by atoms with E-state index in [9.17, 15) is 0 Å². The van der Waals surface area contributed by atoms with Crippen molar-refractivity contribution < 1.29 is 0 Å². The third kappa shape index (κ3) is 2.01. The molecule has 1 unspecified atom stereocenters. The van der Waals surface area contributed by atoms with Crippen LogP contribution in [0.4, 0.5) is 5.82 Å². The minimum absolute atomic E-state index is 0.381. The van der Waals surface area contributed by atoms with Crippen molar-refractivity contribution in [3.63, 3.8) is 0 Å². The van der Waals surface area contributed by atoms with Gasteiger partial charge in [-0.15, -0.1) is 0 Å². The standard InChI is InChI=1S/C13H17N5/c1-18(11(8-14)9-2-3-9)12-5-4-10-13(17-12)16-7-6-15-10/h4-7,9,11H,2-3,8,14H2,1H3. The smallest absolute Gasteiger partial charge is 0.180 e. The van der Waals surface area contributed by atoms with Gasteiger partial charge in [-0.1, -0.05) is 0 Å². The van der Waals surface area contributed by atoms with E-state index >= 15 is 0 Å². The van der Waals surface area contributed by atoms with Crippen LogP contribution in [0.2, 0.25) is 0 Å². The second kappa shape index (κ2) is 4.49. The van der Waals surface area contributed by atoms with Crippen LogP contribution in [0.25, 0.3) is 11.2 Å². The Bertz CT molecular complexity index is 552. The van der Waals surface area contributed by atoms with Crippen molar-refractivity contribution in [2.45, 2.75) is 18.9 Å². The van der Waals surface area contributed by atoms with Crippen LogP contribution in [0.1, 0.15) is 12.8 Å². The van der Waals surface area contributed by atoms with Gasteiger partial charge in [0, 0.05) is 32.0 Å². The molecule has 5 nitrogen and oxygen atoms in total. The highest BCUT2D eigenvalue weighted by molar-refractivity contribution is 5.71. The van der Waals surface area contributed by atoms with Crippen LogP contribution in [-0.4, -0.2) is 34.6 Å². The number of fused-ring (bicyclic) bond motifs is 1. The van der Waals surface area contributed by atoms with Crippen LogP contribution in [0.3, 0.4) is 0 Å². The fourth-order valence-electron chi connectivity index (χ4n) is 2.36. The zero-order valence-corrected chi connectivity index (χ0v) is 10.5.